The van der Waals surface area contributed by atoms with E-state index in [1.165, 1.54) is 5.56 Å². The molecule has 0 radical (unpaired) electrons. The molecule has 4 rings (SSSR count). The average molecular weight is 549 g/mol. The number of hydrogen-bond acceptors (Lipinski definition) is 4. The van der Waals surface area contributed by atoms with Crippen LogP contribution in [-0.2, 0) is 23.3 Å². The van der Waals surface area contributed by atoms with Gasteiger partial charge in [-0.15, -0.1) is 0 Å². The lowest BCUT2D eigenvalue weighted by Crippen LogP contribution is -2.48. The molecule has 1 unspecified atom stereocenters. The fraction of sp³-hybridized carbons (Fsp3) is 0.424. The summed E-state index contributed by atoms with van der Waals surface area (Å²) in [7, 11) is 1.70. The highest BCUT2D eigenvalue weighted by Crippen LogP contribution is 2.46. The standard InChI is InChI=1S/C33H41ClN2O3/c1-3-24-9-6-10-27(21-24)31-29(12-7-13-30(31)34)33(38,18-4-5-20-39-2)28-11-8-19-36(23-28)32(37)26-16-14-25(22-35)15-17-26/h6-7,9-10,12-17,21,28,38H,3-5,8,11,18-20,22-23,35H2,1-2H3/t28-,33?/m1/s1. The van der Waals surface area contributed by atoms with Crippen molar-refractivity contribution in [1.82, 2.24) is 4.90 Å². The quantitative estimate of drug-likeness (QED) is 0.265. The van der Waals surface area contributed by atoms with E-state index in [9.17, 15) is 9.90 Å². The van der Waals surface area contributed by atoms with Crippen LogP contribution in [0.4, 0.5) is 0 Å². The molecule has 1 aliphatic rings. The minimum absolute atomic E-state index is 0.00744. The summed E-state index contributed by atoms with van der Waals surface area (Å²) in [5.74, 6) is -0.139. The number of hydrogen-bond donors (Lipinski definition) is 2. The third kappa shape index (κ3) is 6.72. The Morgan fingerprint density at radius 3 is 2.59 bits per heavy atom. The van der Waals surface area contributed by atoms with Crippen LogP contribution < -0.4 is 5.73 Å². The molecule has 0 spiro atoms. The average Bonchev–Trinajstić information content (AvgIpc) is 2.98. The van der Waals surface area contributed by atoms with Gasteiger partial charge in [0, 0.05) is 55.4 Å². The Bertz CT molecular complexity index is 1250. The smallest absolute Gasteiger partial charge is 0.253 e. The minimum Gasteiger partial charge on any atom is -0.385 e. The van der Waals surface area contributed by atoms with Gasteiger partial charge >= 0.3 is 0 Å². The first-order valence-corrected chi connectivity index (χ1v) is 14.5. The van der Waals surface area contributed by atoms with E-state index in [0.29, 0.717) is 43.2 Å². The number of rotatable bonds is 11. The van der Waals surface area contributed by atoms with Gasteiger partial charge in [0.05, 0.1) is 5.60 Å². The number of unbranched alkanes of at least 4 members (excludes halogenated alkanes) is 1. The van der Waals surface area contributed by atoms with Crippen molar-refractivity contribution < 1.29 is 14.6 Å². The zero-order chi connectivity index (χ0) is 27.8. The first-order valence-electron chi connectivity index (χ1n) is 14.1. The van der Waals surface area contributed by atoms with Crippen LogP contribution in [0.5, 0.6) is 0 Å². The SMILES string of the molecule is CCc1cccc(-c2c(Cl)cccc2C(O)(CCCCOC)[C@@H]2CCCN(C(=O)c3ccc(CN)cc3)C2)c1. The highest BCUT2D eigenvalue weighted by atomic mass is 35.5. The van der Waals surface area contributed by atoms with Gasteiger partial charge in [0.2, 0.25) is 0 Å². The van der Waals surface area contributed by atoms with Gasteiger partial charge in [-0.2, -0.15) is 0 Å². The molecule has 3 N–H and O–H groups in total. The summed E-state index contributed by atoms with van der Waals surface area (Å²) in [5, 5.41) is 13.3. The van der Waals surface area contributed by atoms with Crippen molar-refractivity contribution in [2.45, 2.75) is 57.6 Å². The second-order valence-corrected chi connectivity index (χ2v) is 11.0. The maximum Gasteiger partial charge on any atom is 0.253 e. The van der Waals surface area contributed by atoms with Crippen molar-refractivity contribution >= 4 is 17.5 Å². The first-order chi connectivity index (χ1) is 18.9. The summed E-state index contributed by atoms with van der Waals surface area (Å²) < 4.78 is 5.30. The number of aryl methyl sites for hydroxylation is 1. The van der Waals surface area contributed by atoms with Crippen LogP contribution in [0.25, 0.3) is 11.1 Å². The lowest BCUT2D eigenvalue weighted by molar-refractivity contribution is -0.0574. The largest absolute Gasteiger partial charge is 0.385 e. The zero-order valence-corrected chi connectivity index (χ0v) is 23.9. The molecule has 3 aromatic carbocycles. The summed E-state index contributed by atoms with van der Waals surface area (Å²) in [6.07, 6.45) is 4.80. The normalized spacial score (nSPS) is 17.2. The number of aliphatic hydroxyl groups is 1. The molecule has 0 aliphatic carbocycles. The predicted octanol–water partition coefficient (Wildman–Crippen LogP) is 6.58. The summed E-state index contributed by atoms with van der Waals surface area (Å²) in [6, 6.07) is 21.7. The van der Waals surface area contributed by atoms with Crippen LogP contribution in [-0.4, -0.2) is 42.7 Å². The lowest BCUT2D eigenvalue weighted by Gasteiger charge is -2.44. The molecule has 39 heavy (non-hydrogen) atoms. The Labute approximate surface area is 237 Å². The number of amides is 1. The summed E-state index contributed by atoms with van der Waals surface area (Å²) in [5.41, 5.74) is 10.2. The number of nitrogens with zero attached hydrogens (tertiary/aromatic N) is 1. The van der Waals surface area contributed by atoms with Crippen molar-refractivity contribution in [3.8, 4) is 11.1 Å². The Morgan fingerprint density at radius 2 is 1.87 bits per heavy atom. The molecule has 5 nitrogen and oxygen atoms in total. The number of nitrogens with two attached hydrogens (primary N) is 1. The Balaban J connectivity index is 1.71. The second-order valence-electron chi connectivity index (χ2n) is 10.6. The Morgan fingerprint density at radius 1 is 1.10 bits per heavy atom. The van der Waals surface area contributed by atoms with E-state index in [1.807, 2.05) is 47.4 Å². The topological polar surface area (TPSA) is 75.8 Å². The van der Waals surface area contributed by atoms with E-state index in [-0.39, 0.29) is 11.8 Å². The van der Waals surface area contributed by atoms with E-state index in [1.54, 1.807) is 7.11 Å². The lowest BCUT2D eigenvalue weighted by atomic mass is 9.72. The highest BCUT2D eigenvalue weighted by molar-refractivity contribution is 6.33. The van der Waals surface area contributed by atoms with Gasteiger partial charge < -0.3 is 20.5 Å². The first kappa shape index (κ1) is 29.3. The van der Waals surface area contributed by atoms with Crippen molar-refractivity contribution in [2.75, 3.05) is 26.8 Å². The van der Waals surface area contributed by atoms with Gasteiger partial charge in [0.15, 0.2) is 0 Å². The fourth-order valence-corrected chi connectivity index (χ4v) is 6.13. The fourth-order valence-electron chi connectivity index (χ4n) is 5.84. The number of methoxy groups -OCH3 is 1. The van der Waals surface area contributed by atoms with E-state index in [2.05, 4.69) is 31.2 Å². The molecule has 1 saturated heterocycles. The maximum atomic E-state index is 13.5. The van der Waals surface area contributed by atoms with E-state index < -0.39 is 5.60 Å². The number of likely N-dealkylation sites (tertiary alicyclic amines) is 1. The maximum absolute atomic E-state index is 13.5. The molecule has 1 amide bonds. The van der Waals surface area contributed by atoms with Gasteiger partial charge in [-0.25, -0.2) is 0 Å². The van der Waals surface area contributed by atoms with Crippen LogP contribution in [0.3, 0.4) is 0 Å². The van der Waals surface area contributed by atoms with E-state index in [4.69, 9.17) is 22.1 Å². The molecule has 1 heterocycles. The molecule has 3 aromatic rings. The third-order valence-electron chi connectivity index (χ3n) is 8.08. The van der Waals surface area contributed by atoms with Crippen molar-refractivity contribution in [1.29, 1.82) is 0 Å². The zero-order valence-electron chi connectivity index (χ0n) is 23.2. The van der Waals surface area contributed by atoms with Crippen molar-refractivity contribution in [2.24, 2.45) is 11.7 Å². The number of benzene rings is 3. The molecular weight excluding hydrogens is 508 g/mol. The number of carbonyl (C=O) groups excluding carboxylic acids is 1. The van der Waals surface area contributed by atoms with Crippen LogP contribution in [0.2, 0.25) is 5.02 Å². The van der Waals surface area contributed by atoms with Crippen molar-refractivity contribution in [3.05, 3.63) is 94.0 Å². The Hall–Kier alpha value is -2.70. The van der Waals surface area contributed by atoms with E-state index in [0.717, 1.165) is 54.4 Å². The molecule has 0 aromatic heterocycles. The number of ether oxygens (including phenoxy) is 1. The molecule has 1 fully saturated rings. The molecule has 2 atom stereocenters. The van der Waals surface area contributed by atoms with Gasteiger partial charge in [-0.3, -0.25) is 4.79 Å². The monoisotopic (exact) mass is 548 g/mol. The second kappa shape index (κ2) is 13.6. The predicted molar refractivity (Wildman–Crippen MR) is 159 cm³/mol. The van der Waals surface area contributed by atoms with Gasteiger partial charge in [0.1, 0.15) is 0 Å². The van der Waals surface area contributed by atoms with Gasteiger partial charge in [-0.1, -0.05) is 67.1 Å². The molecule has 0 saturated carbocycles. The molecular formula is C33H41ClN2O3. The molecule has 208 valence electrons. The van der Waals surface area contributed by atoms with Crippen LogP contribution in [0.1, 0.15) is 66.1 Å². The summed E-state index contributed by atoms with van der Waals surface area (Å²) in [6.45, 7) is 4.38. The summed E-state index contributed by atoms with van der Waals surface area (Å²) >= 11 is 6.87. The van der Waals surface area contributed by atoms with Crippen LogP contribution >= 0.6 is 11.6 Å². The third-order valence-corrected chi connectivity index (χ3v) is 8.40. The molecule has 0 bridgehead atoms. The number of piperidine rings is 1. The van der Waals surface area contributed by atoms with E-state index >= 15 is 0 Å². The van der Waals surface area contributed by atoms with Crippen LogP contribution in [0, 0.1) is 5.92 Å². The van der Waals surface area contributed by atoms with Gasteiger partial charge in [-0.05, 0) is 79.0 Å². The number of carbonyl (C=O) groups is 1. The molecule has 1 aliphatic heterocycles. The minimum atomic E-state index is -1.15. The van der Waals surface area contributed by atoms with Crippen LogP contribution in [0.15, 0.2) is 66.7 Å². The summed E-state index contributed by atoms with van der Waals surface area (Å²) in [4.78, 5) is 15.4. The Kier molecular flexibility index (Phi) is 10.2. The highest BCUT2D eigenvalue weighted by Gasteiger charge is 2.43. The number of halogens is 1. The van der Waals surface area contributed by atoms with Crippen molar-refractivity contribution in [3.63, 3.8) is 0 Å². The molecule has 6 heteroatoms. The van der Waals surface area contributed by atoms with Gasteiger partial charge in [0.25, 0.3) is 5.91 Å².